The first-order valence-corrected chi connectivity index (χ1v) is 12.1. The van der Waals surface area contributed by atoms with Gasteiger partial charge in [-0.05, 0) is 68.8 Å². The van der Waals surface area contributed by atoms with Crippen molar-refractivity contribution in [3.8, 4) is 0 Å². The number of hydrogen-bond acceptors (Lipinski definition) is 5. The molecule has 4 rings (SSSR count). The van der Waals surface area contributed by atoms with Gasteiger partial charge in [-0.25, -0.2) is 4.98 Å². The number of rotatable bonds is 9. The number of aryl methyl sites for hydroxylation is 2. The molecule has 176 valence electrons. The maximum atomic E-state index is 13.0. The quantitative estimate of drug-likeness (QED) is 0.543. The minimum absolute atomic E-state index is 0.0531. The lowest BCUT2D eigenvalue weighted by Crippen LogP contribution is -2.49. The molecule has 0 saturated carbocycles. The number of hydrogen-bond donors (Lipinski definition) is 3. The SMILES string of the molecule is O=C(O)C[C@H](C(=O)N[C@@H]1CCCN(CCCc2ccc3c(n2)NCCC3)C1)c1ccccc1. The number of likely N-dealkylation sites (tertiary alicyclic amines) is 1. The molecule has 0 bridgehead atoms. The molecule has 2 aliphatic heterocycles. The van der Waals surface area contributed by atoms with E-state index in [1.807, 2.05) is 30.3 Å². The number of fused-ring (bicyclic) bond motifs is 1. The van der Waals surface area contributed by atoms with Crippen LogP contribution in [-0.4, -0.2) is 59.1 Å². The summed E-state index contributed by atoms with van der Waals surface area (Å²) in [7, 11) is 0. The smallest absolute Gasteiger partial charge is 0.304 e. The Labute approximate surface area is 195 Å². The number of amides is 1. The second kappa shape index (κ2) is 11.3. The molecule has 2 aliphatic rings. The Hall–Kier alpha value is -2.93. The van der Waals surface area contributed by atoms with Gasteiger partial charge in [-0.2, -0.15) is 0 Å². The topological polar surface area (TPSA) is 94.6 Å². The second-order valence-corrected chi connectivity index (χ2v) is 9.15. The fourth-order valence-corrected chi connectivity index (χ4v) is 4.89. The highest BCUT2D eigenvalue weighted by Gasteiger charge is 2.27. The third kappa shape index (κ3) is 6.54. The molecule has 1 amide bonds. The van der Waals surface area contributed by atoms with Crippen LogP contribution >= 0.6 is 0 Å². The van der Waals surface area contributed by atoms with Crippen LogP contribution in [0.4, 0.5) is 5.82 Å². The van der Waals surface area contributed by atoms with Crippen molar-refractivity contribution in [3.63, 3.8) is 0 Å². The van der Waals surface area contributed by atoms with Crippen molar-refractivity contribution < 1.29 is 14.7 Å². The van der Waals surface area contributed by atoms with Gasteiger partial charge in [0.25, 0.3) is 0 Å². The molecule has 7 nitrogen and oxygen atoms in total. The molecule has 7 heteroatoms. The van der Waals surface area contributed by atoms with Crippen molar-refractivity contribution in [2.75, 3.05) is 31.5 Å². The number of piperidine rings is 1. The lowest BCUT2D eigenvalue weighted by Gasteiger charge is -2.34. The van der Waals surface area contributed by atoms with Crippen LogP contribution in [0, 0.1) is 0 Å². The summed E-state index contributed by atoms with van der Waals surface area (Å²) in [5, 5.41) is 15.8. The Bertz CT molecular complexity index is 950. The van der Waals surface area contributed by atoms with Crippen LogP contribution in [0.2, 0.25) is 0 Å². The third-order valence-electron chi connectivity index (χ3n) is 6.61. The van der Waals surface area contributed by atoms with Gasteiger partial charge in [0.2, 0.25) is 5.91 Å². The van der Waals surface area contributed by atoms with Gasteiger partial charge >= 0.3 is 5.97 Å². The van der Waals surface area contributed by atoms with Crippen LogP contribution in [0.3, 0.4) is 0 Å². The number of carbonyl (C=O) groups is 2. The van der Waals surface area contributed by atoms with Gasteiger partial charge in [0.15, 0.2) is 0 Å². The maximum absolute atomic E-state index is 13.0. The van der Waals surface area contributed by atoms with E-state index < -0.39 is 11.9 Å². The molecule has 0 spiro atoms. The average Bonchev–Trinajstić information content (AvgIpc) is 2.83. The molecule has 2 aromatic rings. The molecule has 3 heterocycles. The minimum Gasteiger partial charge on any atom is -0.481 e. The summed E-state index contributed by atoms with van der Waals surface area (Å²) in [5.74, 6) is -0.770. The van der Waals surface area contributed by atoms with Crippen molar-refractivity contribution in [1.29, 1.82) is 0 Å². The van der Waals surface area contributed by atoms with Crippen LogP contribution in [0.25, 0.3) is 0 Å². The molecule has 1 saturated heterocycles. The molecule has 0 radical (unpaired) electrons. The van der Waals surface area contributed by atoms with E-state index >= 15 is 0 Å². The molecular weight excluding hydrogens is 416 g/mol. The first-order chi connectivity index (χ1) is 16.1. The standard InChI is InChI=1S/C26H34N4O3/c31-24(32)17-23(19-7-2-1-3-8-19)26(33)29-22-11-6-16-30(18-22)15-5-10-21-13-12-20-9-4-14-27-25(20)28-21/h1-3,7-8,12-13,22-23H,4-6,9-11,14-18H2,(H,27,28)(H,29,33)(H,31,32)/t22-,23+/m1/s1. The second-order valence-electron chi connectivity index (χ2n) is 9.15. The van der Waals surface area contributed by atoms with Crippen LogP contribution in [0.1, 0.15) is 54.8 Å². The number of anilines is 1. The zero-order valence-electron chi connectivity index (χ0n) is 19.1. The minimum atomic E-state index is -0.963. The van der Waals surface area contributed by atoms with E-state index in [0.717, 1.165) is 75.4 Å². The monoisotopic (exact) mass is 450 g/mol. The van der Waals surface area contributed by atoms with Crippen molar-refractivity contribution in [3.05, 3.63) is 59.3 Å². The third-order valence-corrected chi connectivity index (χ3v) is 6.61. The van der Waals surface area contributed by atoms with E-state index in [1.54, 1.807) is 0 Å². The number of nitrogens with zero attached hydrogens (tertiary/aromatic N) is 2. The van der Waals surface area contributed by atoms with Gasteiger partial charge < -0.3 is 20.6 Å². The summed E-state index contributed by atoms with van der Waals surface area (Å²) < 4.78 is 0. The van der Waals surface area contributed by atoms with E-state index in [1.165, 1.54) is 12.0 Å². The number of nitrogens with one attached hydrogen (secondary N) is 2. The van der Waals surface area contributed by atoms with Gasteiger partial charge in [0, 0.05) is 24.8 Å². The molecule has 0 unspecified atom stereocenters. The summed E-state index contributed by atoms with van der Waals surface area (Å²) in [6.45, 7) is 3.81. The number of carboxylic acids is 1. The molecule has 0 aliphatic carbocycles. The van der Waals surface area contributed by atoms with Crippen molar-refractivity contribution in [2.45, 2.75) is 56.9 Å². The molecule has 3 N–H and O–H groups in total. The average molecular weight is 451 g/mol. The van der Waals surface area contributed by atoms with Gasteiger partial charge in [0.1, 0.15) is 5.82 Å². The Morgan fingerprint density at radius 1 is 1.18 bits per heavy atom. The Morgan fingerprint density at radius 2 is 2.03 bits per heavy atom. The number of aliphatic carboxylic acids is 1. The van der Waals surface area contributed by atoms with Crippen molar-refractivity contribution in [2.24, 2.45) is 0 Å². The number of carbonyl (C=O) groups excluding carboxylic acids is 1. The first-order valence-electron chi connectivity index (χ1n) is 12.1. The Morgan fingerprint density at radius 3 is 2.85 bits per heavy atom. The fourth-order valence-electron chi connectivity index (χ4n) is 4.89. The summed E-state index contributed by atoms with van der Waals surface area (Å²) in [6, 6.07) is 13.6. The molecule has 1 aromatic heterocycles. The highest BCUT2D eigenvalue weighted by molar-refractivity contribution is 5.88. The van der Waals surface area contributed by atoms with Crippen LogP contribution in [0.5, 0.6) is 0 Å². The first kappa shape index (κ1) is 23.2. The maximum Gasteiger partial charge on any atom is 0.304 e. The molecule has 33 heavy (non-hydrogen) atoms. The Balaban J connectivity index is 1.27. The predicted molar refractivity (Wildman–Crippen MR) is 128 cm³/mol. The van der Waals surface area contributed by atoms with E-state index in [0.29, 0.717) is 0 Å². The van der Waals surface area contributed by atoms with E-state index in [2.05, 4.69) is 27.7 Å². The summed E-state index contributed by atoms with van der Waals surface area (Å²) in [6.07, 6.45) is 6.00. The van der Waals surface area contributed by atoms with Crippen molar-refractivity contribution in [1.82, 2.24) is 15.2 Å². The zero-order valence-corrected chi connectivity index (χ0v) is 19.1. The fraction of sp³-hybridized carbons (Fsp3) is 0.500. The van der Waals surface area contributed by atoms with Crippen LogP contribution in [0.15, 0.2) is 42.5 Å². The lowest BCUT2D eigenvalue weighted by atomic mass is 9.94. The van der Waals surface area contributed by atoms with E-state index in [9.17, 15) is 14.7 Å². The van der Waals surface area contributed by atoms with E-state index in [-0.39, 0.29) is 18.4 Å². The molecule has 1 aromatic carbocycles. The highest BCUT2D eigenvalue weighted by atomic mass is 16.4. The molecule has 1 fully saturated rings. The largest absolute Gasteiger partial charge is 0.481 e. The van der Waals surface area contributed by atoms with Crippen molar-refractivity contribution >= 4 is 17.7 Å². The lowest BCUT2D eigenvalue weighted by molar-refractivity contribution is -0.139. The zero-order chi connectivity index (χ0) is 23.0. The van der Waals surface area contributed by atoms with Gasteiger partial charge in [-0.15, -0.1) is 0 Å². The van der Waals surface area contributed by atoms with Crippen LogP contribution in [-0.2, 0) is 22.4 Å². The number of pyridine rings is 1. The van der Waals surface area contributed by atoms with E-state index in [4.69, 9.17) is 4.98 Å². The highest BCUT2D eigenvalue weighted by Crippen LogP contribution is 2.22. The molecular formula is C26H34N4O3. The van der Waals surface area contributed by atoms with Gasteiger partial charge in [-0.3, -0.25) is 9.59 Å². The number of aromatic nitrogens is 1. The number of carboxylic acid groups (broad SMARTS) is 1. The number of benzene rings is 1. The predicted octanol–water partition coefficient (Wildman–Crippen LogP) is 3.21. The van der Waals surface area contributed by atoms with Crippen LogP contribution < -0.4 is 10.6 Å². The summed E-state index contributed by atoms with van der Waals surface area (Å²) >= 11 is 0. The normalized spacial score (nSPS) is 19.2. The summed E-state index contributed by atoms with van der Waals surface area (Å²) in [5.41, 5.74) is 3.19. The van der Waals surface area contributed by atoms with Gasteiger partial charge in [0.05, 0.1) is 12.3 Å². The summed E-state index contributed by atoms with van der Waals surface area (Å²) in [4.78, 5) is 31.5. The molecule has 2 atom stereocenters. The Kier molecular flexibility index (Phi) is 7.94. The van der Waals surface area contributed by atoms with Gasteiger partial charge in [-0.1, -0.05) is 36.4 Å².